The summed E-state index contributed by atoms with van der Waals surface area (Å²) in [5, 5.41) is 0. The Balaban J connectivity index is 1.50. The van der Waals surface area contributed by atoms with Gasteiger partial charge in [0, 0.05) is 12.5 Å². The molecule has 0 heterocycles. The molecule has 0 spiro atoms. The van der Waals surface area contributed by atoms with E-state index < -0.39 is 0 Å². The molecule has 32 heavy (non-hydrogen) atoms. The van der Waals surface area contributed by atoms with Crippen molar-refractivity contribution >= 4 is 0 Å². The summed E-state index contributed by atoms with van der Waals surface area (Å²) in [6.45, 7) is 15.5. The maximum atomic E-state index is 6.26. The Labute approximate surface area is 199 Å². The molecule has 0 aromatic carbocycles. The lowest BCUT2D eigenvalue weighted by molar-refractivity contribution is -0.121. The molecule has 3 fully saturated rings. The molecular formula is C30H52O2. The summed E-state index contributed by atoms with van der Waals surface area (Å²) in [6.07, 6.45) is 16.5. The first kappa shape index (κ1) is 24.6. The van der Waals surface area contributed by atoms with E-state index in [0.29, 0.717) is 12.2 Å². The topological polar surface area (TPSA) is 18.5 Å². The second kappa shape index (κ2) is 9.63. The van der Waals surface area contributed by atoms with Crippen LogP contribution in [0.15, 0.2) is 11.8 Å². The van der Waals surface area contributed by atoms with Crippen LogP contribution < -0.4 is 0 Å². The lowest BCUT2D eigenvalue weighted by atomic mass is 9.45. The van der Waals surface area contributed by atoms with Gasteiger partial charge in [0.05, 0.1) is 0 Å². The average molecular weight is 445 g/mol. The zero-order chi connectivity index (χ0) is 23.1. The van der Waals surface area contributed by atoms with Crippen molar-refractivity contribution in [1.82, 2.24) is 0 Å². The first-order valence-electron chi connectivity index (χ1n) is 14.1. The lowest BCUT2D eigenvalue weighted by Gasteiger charge is -2.60. The highest BCUT2D eigenvalue weighted by Gasteiger charge is 2.61. The van der Waals surface area contributed by atoms with Crippen molar-refractivity contribution in [1.29, 1.82) is 0 Å². The van der Waals surface area contributed by atoms with E-state index in [-0.39, 0.29) is 5.41 Å². The summed E-state index contributed by atoms with van der Waals surface area (Å²) < 4.78 is 11.6. The van der Waals surface area contributed by atoms with Crippen molar-refractivity contribution in [2.45, 2.75) is 106 Å². The van der Waals surface area contributed by atoms with Gasteiger partial charge in [-0.05, 0) is 110 Å². The normalized spacial score (nSPS) is 43.1. The van der Waals surface area contributed by atoms with Crippen LogP contribution in [0.3, 0.4) is 0 Å². The van der Waals surface area contributed by atoms with E-state index in [1.807, 2.05) is 0 Å². The Morgan fingerprint density at radius 3 is 2.44 bits per heavy atom. The van der Waals surface area contributed by atoms with Gasteiger partial charge in [0.2, 0.25) is 0 Å². The van der Waals surface area contributed by atoms with Gasteiger partial charge in [0.1, 0.15) is 5.76 Å². The van der Waals surface area contributed by atoms with Crippen LogP contribution >= 0.6 is 0 Å². The Morgan fingerprint density at radius 2 is 1.72 bits per heavy atom. The molecule has 184 valence electrons. The number of fused-ring (bicyclic) bond motifs is 5. The number of rotatable bonds is 8. The zero-order valence-electron chi connectivity index (χ0n) is 22.3. The summed E-state index contributed by atoms with van der Waals surface area (Å²) >= 11 is 0. The molecule has 0 amide bonds. The molecule has 2 heteroatoms. The molecule has 4 aliphatic rings. The van der Waals surface area contributed by atoms with Crippen LogP contribution in [0.4, 0.5) is 0 Å². The van der Waals surface area contributed by atoms with Crippen LogP contribution in [-0.4, -0.2) is 13.9 Å². The fourth-order valence-electron chi connectivity index (χ4n) is 9.27. The molecule has 0 saturated heterocycles. The highest BCUT2D eigenvalue weighted by molar-refractivity contribution is 5.20. The van der Waals surface area contributed by atoms with E-state index in [1.165, 1.54) is 70.0 Å². The summed E-state index contributed by atoms with van der Waals surface area (Å²) in [5.74, 6) is 8.20. The van der Waals surface area contributed by atoms with Crippen molar-refractivity contribution in [3.05, 3.63) is 11.8 Å². The highest BCUT2D eigenvalue weighted by Crippen LogP contribution is 2.68. The van der Waals surface area contributed by atoms with E-state index in [9.17, 15) is 0 Å². The summed E-state index contributed by atoms with van der Waals surface area (Å²) in [4.78, 5) is 0. The van der Waals surface area contributed by atoms with Gasteiger partial charge in [-0.3, -0.25) is 0 Å². The molecule has 2 unspecified atom stereocenters. The largest absolute Gasteiger partial charge is 0.472 e. The van der Waals surface area contributed by atoms with Crippen LogP contribution in [-0.2, 0) is 9.47 Å². The fourth-order valence-corrected chi connectivity index (χ4v) is 9.27. The Hall–Kier alpha value is -0.500. The van der Waals surface area contributed by atoms with E-state index in [4.69, 9.17) is 9.47 Å². The Kier molecular flexibility index (Phi) is 7.41. The monoisotopic (exact) mass is 444 g/mol. The van der Waals surface area contributed by atoms with Crippen molar-refractivity contribution in [2.24, 2.45) is 58.2 Å². The number of methoxy groups -OCH3 is 1. The molecule has 9 atom stereocenters. The van der Waals surface area contributed by atoms with Gasteiger partial charge < -0.3 is 9.47 Å². The van der Waals surface area contributed by atoms with Crippen LogP contribution in [0.5, 0.6) is 0 Å². The number of hydrogen-bond acceptors (Lipinski definition) is 2. The van der Waals surface area contributed by atoms with Crippen LogP contribution in [0.1, 0.15) is 106 Å². The lowest BCUT2D eigenvalue weighted by Crippen LogP contribution is -2.53. The molecule has 0 bridgehead atoms. The van der Waals surface area contributed by atoms with Gasteiger partial charge in [-0.15, -0.1) is 0 Å². The van der Waals surface area contributed by atoms with Gasteiger partial charge in [-0.2, -0.15) is 0 Å². The van der Waals surface area contributed by atoms with E-state index in [0.717, 1.165) is 47.3 Å². The first-order chi connectivity index (χ1) is 15.2. The molecule has 4 aliphatic carbocycles. The molecule has 4 rings (SSSR count). The third-order valence-electron chi connectivity index (χ3n) is 11.6. The van der Waals surface area contributed by atoms with Gasteiger partial charge >= 0.3 is 0 Å². The summed E-state index contributed by atoms with van der Waals surface area (Å²) in [6, 6.07) is 0. The molecule has 2 nitrogen and oxygen atoms in total. The molecule has 0 radical (unpaired) electrons. The van der Waals surface area contributed by atoms with E-state index >= 15 is 0 Å². The smallest absolute Gasteiger partial charge is 0.188 e. The maximum absolute atomic E-state index is 6.26. The van der Waals surface area contributed by atoms with Gasteiger partial charge in [0.25, 0.3) is 0 Å². The standard InChI is InChI=1S/C30H52O2/c1-20(2)21(3)11-12-22(4)25-15-16-26-24-14-13-23-9-8-10-28(32-19-31-7)30(23,6)27(24)17-18-29(25,26)5/h10,20-27H,8-9,11-19H2,1-7H3/t21?,22-,23?,24+,25-,26+,27+,29-,30+/m1/s1. The van der Waals surface area contributed by atoms with Crippen molar-refractivity contribution in [3.8, 4) is 0 Å². The minimum absolute atomic E-state index is 0.234. The Bertz CT molecular complexity index is 668. The number of ether oxygens (including phenoxy) is 2. The van der Waals surface area contributed by atoms with Gasteiger partial charge in [-0.25, -0.2) is 0 Å². The quantitative estimate of drug-likeness (QED) is 0.349. The SMILES string of the molecule is COCOC1=CCCC2CC[C@H]3[C@@H]4CC[C@H]([C@H](C)CCC(C)C(C)C)[C@@]4(C)CC[C@@H]3[C@@]12C. The van der Waals surface area contributed by atoms with Gasteiger partial charge in [0.15, 0.2) is 6.79 Å². The summed E-state index contributed by atoms with van der Waals surface area (Å²) in [7, 11) is 1.75. The van der Waals surface area contributed by atoms with E-state index in [1.54, 1.807) is 7.11 Å². The Morgan fingerprint density at radius 1 is 0.938 bits per heavy atom. The molecule has 0 aliphatic heterocycles. The van der Waals surface area contributed by atoms with Crippen molar-refractivity contribution in [3.63, 3.8) is 0 Å². The highest BCUT2D eigenvalue weighted by atomic mass is 16.7. The van der Waals surface area contributed by atoms with Crippen LogP contribution in [0.25, 0.3) is 0 Å². The fraction of sp³-hybridized carbons (Fsp3) is 0.933. The molecule has 3 saturated carbocycles. The minimum atomic E-state index is 0.234. The van der Waals surface area contributed by atoms with Crippen LogP contribution in [0.2, 0.25) is 0 Å². The second-order valence-electron chi connectivity index (χ2n) is 13.1. The van der Waals surface area contributed by atoms with Gasteiger partial charge in [-0.1, -0.05) is 54.4 Å². The third kappa shape index (κ3) is 4.09. The predicted octanol–water partition coefficient (Wildman–Crippen LogP) is 8.47. The summed E-state index contributed by atoms with van der Waals surface area (Å²) in [5.41, 5.74) is 0.800. The molecule has 0 aromatic heterocycles. The number of allylic oxidation sites excluding steroid dienone is 2. The van der Waals surface area contributed by atoms with Crippen molar-refractivity contribution < 1.29 is 9.47 Å². The molecule has 0 N–H and O–H groups in total. The average Bonchev–Trinajstić information content (AvgIpc) is 3.12. The van der Waals surface area contributed by atoms with Crippen LogP contribution in [0, 0.1) is 58.2 Å². The molecule has 0 aromatic rings. The van der Waals surface area contributed by atoms with E-state index in [2.05, 4.69) is 47.6 Å². The molecular weight excluding hydrogens is 392 g/mol. The second-order valence-corrected chi connectivity index (χ2v) is 13.1. The van der Waals surface area contributed by atoms with Crippen molar-refractivity contribution in [2.75, 3.05) is 13.9 Å². The predicted molar refractivity (Wildman–Crippen MR) is 134 cm³/mol. The number of hydrogen-bond donors (Lipinski definition) is 0. The first-order valence-corrected chi connectivity index (χ1v) is 14.1. The minimum Gasteiger partial charge on any atom is -0.472 e. The zero-order valence-corrected chi connectivity index (χ0v) is 22.3. The third-order valence-corrected chi connectivity index (χ3v) is 11.6. The maximum Gasteiger partial charge on any atom is 0.188 e.